The van der Waals surface area contributed by atoms with Gasteiger partial charge in [-0.3, -0.25) is 4.79 Å². The molecule has 2 rings (SSSR count). The fourth-order valence-electron chi connectivity index (χ4n) is 1.74. The van der Waals surface area contributed by atoms with Crippen LogP contribution in [0.15, 0.2) is 46.9 Å². The van der Waals surface area contributed by atoms with Crippen molar-refractivity contribution < 1.29 is 22.7 Å². The minimum atomic E-state index is -4.38. The van der Waals surface area contributed by atoms with Crippen molar-refractivity contribution in [1.29, 1.82) is 0 Å². The van der Waals surface area contributed by atoms with Gasteiger partial charge in [-0.25, -0.2) is 0 Å². The quantitative estimate of drug-likeness (QED) is 0.729. The molecule has 0 N–H and O–H groups in total. The maximum absolute atomic E-state index is 12.6. The van der Waals surface area contributed by atoms with Crippen molar-refractivity contribution in [3.05, 3.63) is 63.6 Å². The number of rotatable bonds is 4. The summed E-state index contributed by atoms with van der Waals surface area (Å²) in [4.78, 5) is 10.7. The van der Waals surface area contributed by atoms with Gasteiger partial charge in [0, 0.05) is 10.0 Å². The third-order valence-corrected chi connectivity index (χ3v) is 3.15. The first-order chi connectivity index (χ1) is 9.88. The van der Waals surface area contributed by atoms with Crippen LogP contribution in [0.25, 0.3) is 0 Å². The van der Waals surface area contributed by atoms with Gasteiger partial charge in [0.2, 0.25) is 0 Å². The van der Waals surface area contributed by atoms with Crippen molar-refractivity contribution in [3.8, 4) is 5.75 Å². The van der Waals surface area contributed by atoms with Crippen molar-refractivity contribution >= 4 is 22.2 Å². The standard InChI is InChI=1S/C15H10BrF3O2/c16-13-5-11(8-20)6-14(7-13)21-9-10-2-1-3-12(4-10)15(17,18)19/h1-8H,9H2. The van der Waals surface area contributed by atoms with Gasteiger partial charge < -0.3 is 4.74 Å². The Morgan fingerprint density at radius 3 is 2.57 bits per heavy atom. The van der Waals surface area contributed by atoms with E-state index in [4.69, 9.17) is 4.74 Å². The molecule has 6 heteroatoms. The minimum Gasteiger partial charge on any atom is -0.489 e. The Morgan fingerprint density at radius 1 is 1.14 bits per heavy atom. The fourth-order valence-corrected chi connectivity index (χ4v) is 2.23. The van der Waals surface area contributed by atoms with Crippen molar-refractivity contribution in [3.63, 3.8) is 0 Å². The first-order valence-electron chi connectivity index (χ1n) is 5.93. The van der Waals surface area contributed by atoms with E-state index in [1.54, 1.807) is 18.2 Å². The zero-order valence-corrected chi connectivity index (χ0v) is 12.2. The number of benzene rings is 2. The van der Waals surface area contributed by atoms with Gasteiger partial charge in [-0.05, 0) is 35.9 Å². The number of ether oxygens (including phenoxy) is 1. The molecular formula is C15H10BrF3O2. The van der Waals surface area contributed by atoms with Crippen molar-refractivity contribution in [2.75, 3.05) is 0 Å². The minimum absolute atomic E-state index is 0.0152. The van der Waals surface area contributed by atoms with Crippen LogP contribution in [-0.4, -0.2) is 6.29 Å². The van der Waals surface area contributed by atoms with Crippen LogP contribution in [0.4, 0.5) is 13.2 Å². The summed E-state index contributed by atoms with van der Waals surface area (Å²) in [5, 5.41) is 0. The van der Waals surface area contributed by atoms with Gasteiger partial charge in [-0.1, -0.05) is 28.1 Å². The summed E-state index contributed by atoms with van der Waals surface area (Å²) in [7, 11) is 0. The van der Waals surface area contributed by atoms with E-state index in [0.29, 0.717) is 27.6 Å². The van der Waals surface area contributed by atoms with Gasteiger partial charge in [0.15, 0.2) is 0 Å². The number of alkyl halides is 3. The maximum atomic E-state index is 12.6. The molecule has 0 spiro atoms. The van der Waals surface area contributed by atoms with Crippen molar-refractivity contribution in [1.82, 2.24) is 0 Å². The lowest BCUT2D eigenvalue weighted by atomic mass is 10.1. The lowest BCUT2D eigenvalue weighted by molar-refractivity contribution is -0.137. The van der Waals surface area contributed by atoms with Crippen LogP contribution in [-0.2, 0) is 12.8 Å². The number of hydrogen-bond donors (Lipinski definition) is 0. The topological polar surface area (TPSA) is 26.3 Å². The van der Waals surface area contributed by atoms with Crippen LogP contribution in [0.1, 0.15) is 21.5 Å². The molecule has 0 amide bonds. The first kappa shape index (κ1) is 15.6. The highest BCUT2D eigenvalue weighted by molar-refractivity contribution is 9.10. The second kappa shape index (κ2) is 6.30. The third-order valence-electron chi connectivity index (χ3n) is 2.69. The molecule has 0 atom stereocenters. The Kier molecular flexibility index (Phi) is 4.67. The summed E-state index contributed by atoms with van der Waals surface area (Å²) in [5.74, 6) is 0.406. The molecule has 2 nitrogen and oxygen atoms in total. The zero-order valence-electron chi connectivity index (χ0n) is 10.7. The molecule has 0 unspecified atom stereocenters. The predicted molar refractivity (Wildman–Crippen MR) is 75.3 cm³/mol. The summed E-state index contributed by atoms with van der Waals surface area (Å²) < 4.78 is 43.9. The average molecular weight is 359 g/mol. The number of carbonyl (C=O) groups excluding carboxylic acids is 1. The van der Waals surface area contributed by atoms with Gasteiger partial charge in [-0.2, -0.15) is 13.2 Å². The zero-order chi connectivity index (χ0) is 15.5. The molecule has 0 aliphatic heterocycles. The Labute approximate surface area is 127 Å². The molecule has 2 aromatic rings. The van der Waals surface area contributed by atoms with Gasteiger partial charge in [-0.15, -0.1) is 0 Å². The molecule has 2 aromatic carbocycles. The molecule has 21 heavy (non-hydrogen) atoms. The second-order valence-electron chi connectivity index (χ2n) is 4.32. The van der Waals surface area contributed by atoms with E-state index in [0.717, 1.165) is 12.1 Å². The number of aldehydes is 1. The van der Waals surface area contributed by atoms with E-state index < -0.39 is 11.7 Å². The molecule has 0 aromatic heterocycles. The highest BCUT2D eigenvalue weighted by Gasteiger charge is 2.30. The summed E-state index contributed by atoms with van der Waals surface area (Å²) in [6.45, 7) is -0.0152. The fraction of sp³-hybridized carbons (Fsp3) is 0.133. The smallest absolute Gasteiger partial charge is 0.416 e. The summed E-state index contributed by atoms with van der Waals surface area (Å²) >= 11 is 3.23. The Morgan fingerprint density at radius 2 is 1.90 bits per heavy atom. The molecular weight excluding hydrogens is 349 g/mol. The van der Waals surface area contributed by atoms with Gasteiger partial charge in [0.25, 0.3) is 0 Å². The van der Waals surface area contributed by atoms with Crippen LogP contribution in [0.2, 0.25) is 0 Å². The number of halogens is 4. The molecule has 0 radical (unpaired) electrons. The molecule has 110 valence electrons. The highest BCUT2D eigenvalue weighted by atomic mass is 79.9. The third kappa shape index (κ3) is 4.32. The van der Waals surface area contributed by atoms with Gasteiger partial charge in [0.05, 0.1) is 5.56 Å². The predicted octanol–water partition coefficient (Wildman–Crippen LogP) is 4.86. The summed E-state index contributed by atoms with van der Waals surface area (Å²) in [6, 6.07) is 9.70. The van der Waals surface area contributed by atoms with Crippen LogP contribution < -0.4 is 4.74 Å². The molecule has 0 heterocycles. The first-order valence-corrected chi connectivity index (χ1v) is 6.72. The largest absolute Gasteiger partial charge is 0.489 e. The number of hydrogen-bond acceptors (Lipinski definition) is 2. The summed E-state index contributed by atoms with van der Waals surface area (Å²) in [6.07, 6.45) is -3.71. The number of carbonyl (C=O) groups is 1. The van der Waals surface area contributed by atoms with Gasteiger partial charge >= 0.3 is 6.18 Å². The Hall–Kier alpha value is -1.82. The van der Waals surface area contributed by atoms with E-state index in [1.165, 1.54) is 12.1 Å². The van der Waals surface area contributed by atoms with Gasteiger partial charge in [0.1, 0.15) is 18.6 Å². The van der Waals surface area contributed by atoms with Crippen LogP contribution >= 0.6 is 15.9 Å². The molecule has 0 fully saturated rings. The molecule has 0 bridgehead atoms. The van der Waals surface area contributed by atoms with E-state index in [9.17, 15) is 18.0 Å². The van der Waals surface area contributed by atoms with E-state index in [1.807, 2.05) is 0 Å². The Bertz CT molecular complexity index is 654. The van der Waals surface area contributed by atoms with E-state index in [2.05, 4.69) is 15.9 Å². The molecule has 0 saturated heterocycles. The molecule has 0 saturated carbocycles. The molecule has 0 aliphatic carbocycles. The Balaban J connectivity index is 2.13. The van der Waals surface area contributed by atoms with E-state index in [-0.39, 0.29) is 6.61 Å². The normalized spacial score (nSPS) is 11.2. The van der Waals surface area contributed by atoms with Crippen molar-refractivity contribution in [2.45, 2.75) is 12.8 Å². The SMILES string of the molecule is O=Cc1cc(Br)cc(OCc2cccc(C(F)(F)F)c2)c1. The lowest BCUT2D eigenvalue weighted by Crippen LogP contribution is -2.06. The van der Waals surface area contributed by atoms with Crippen molar-refractivity contribution in [2.24, 2.45) is 0 Å². The maximum Gasteiger partial charge on any atom is 0.416 e. The van der Waals surface area contributed by atoms with Crippen LogP contribution in [0.3, 0.4) is 0 Å². The molecule has 0 aliphatic rings. The highest BCUT2D eigenvalue weighted by Crippen LogP contribution is 2.30. The average Bonchev–Trinajstić information content (AvgIpc) is 2.44. The van der Waals surface area contributed by atoms with E-state index >= 15 is 0 Å². The summed E-state index contributed by atoms with van der Waals surface area (Å²) in [5.41, 5.74) is 0.104. The van der Waals surface area contributed by atoms with Crippen LogP contribution in [0, 0.1) is 0 Å². The van der Waals surface area contributed by atoms with Crippen LogP contribution in [0.5, 0.6) is 5.75 Å². The monoisotopic (exact) mass is 358 g/mol. The lowest BCUT2D eigenvalue weighted by Gasteiger charge is -2.10. The second-order valence-corrected chi connectivity index (χ2v) is 5.24.